The number of nitrogens with one attached hydrogen (secondary N) is 1. The van der Waals surface area contributed by atoms with E-state index in [1.807, 2.05) is 0 Å². The highest BCUT2D eigenvalue weighted by Crippen LogP contribution is 2.18. The first-order chi connectivity index (χ1) is 8.65. The molecule has 0 heterocycles. The third-order valence-corrected chi connectivity index (χ3v) is 3.32. The van der Waals surface area contributed by atoms with E-state index < -0.39 is 11.6 Å². The summed E-state index contributed by atoms with van der Waals surface area (Å²) < 4.78 is 26.0. The Morgan fingerprint density at radius 3 is 2.11 bits per heavy atom. The monoisotopic (exact) mass is 253 g/mol. The number of amides is 1. The Kier molecular flexibility index (Phi) is 4.28. The molecule has 2 nitrogen and oxygen atoms in total. The minimum Gasteiger partial charge on any atom is -0.349 e. The van der Waals surface area contributed by atoms with E-state index in [4.69, 9.17) is 0 Å². The summed E-state index contributed by atoms with van der Waals surface area (Å²) in [5.74, 6) is -1.83. The van der Waals surface area contributed by atoms with Gasteiger partial charge in [-0.1, -0.05) is 25.7 Å². The maximum atomic E-state index is 13.0. The summed E-state index contributed by atoms with van der Waals surface area (Å²) in [6.07, 6.45) is 6.49. The van der Waals surface area contributed by atoms with Gasteiger partial charge in [-0.15, -0.1) is 0 Å². The summed E-state index contributed by atoms with van der Waals surface area (Å²) in [4.78, 5) is 11.9. The van der Waals surface area contributed by atoms with E-state index in [0.29, 0.717) is 0 Å². The van der Waals surface area contributed by atoms with E-state index >= 15 is 0 Å². The summed E-state index contributed by atoms with van der Waals surface area (Å²) in [7, 11) is 0. The Bertz CT molecular complexity index is 406. The number of hydrogen-bond acceptors (Lipinski definition) is 1. The van der Waals surface area contributed by atoms with Crippen LogP contribution in [0.1, 0.15) is 48.9 Å². The summed E-state index contributed by atoms with van der Waals surface area (Å²) in [6, 6.07) is 3.03. The fourth-order valence-electron chi connectivity index (χ4n) is 2.38. The molecule has 1 aliphatic rings. The van der Waals surface area contributed by atoms with Crippen molar-refractivity contribution >= 4 is 5.91 Å². The Labute approximate surface area is 105 Å². The second kappa shape index (κ2) is 5.94. The van der Waals surface area contributed by atoms with Gasteiger partial charge in [-0.2, -0.15) is 0 Å². The molecule has 1 saturated carbocycles. The minimum atomic E-state index is -0.721. The first-order valence-electron chi connectivity index (χ1n) is 6.42. The van der Waals surface area contributed by atoms with Gasteiger partial charge < -0.3 is 5.32 Å². The molecule has 0 saturated heterocycles. The van der Waals surface area contributed by atoms with Crippen LogP contribution in [0.15, 0.2) is 18.2 Å². The molecular formula is C14H17F2NO. The maximum Gasteiger partial charge on any atom is 0.251 e. The lowest BCUT2D eigenvalue weighted by Crippen LogP contribution is -2.34. The van der Waals surface area contributed by atoms with Crippen LogP contribution in [0.3, 0.4) is 0 Å². The Morgan fingerprint density at radius 2 is 1.56 bits per heavy atom. The lowest BCUT2D eigenvalue weighted by molar-refractivity contribution is 0.0932. The molecule has 18 heavy (non-hydrogen) atoms. The Hall–Kier alpha value is -1.45. The van der Waals surface area contributed by atoms with E-state index in [-0.39, 0.29) is 17.5 Å². The first-order valence-corrected chi connectivity index (χ1v) is 6.42. The van der Waals surface area contributed by atoms with Crippen molar-refractivity contribution in [1.82, 2.24) is 5.32 Å². The maximum absolute atomic E-state index is 13.0. The molecule has 2 rings (SSSR count). The van der Waals surface area contributed by atoms with Gasteiger partial charge >= 0.3 is 0 Å². The van der Waals surface area contributed by atoms with Gasteiger partial charge in [-0.25, -0.2) is 8.78 Å². The molecule has 1 fully saturated rings. The summed E-state index contributed by atoms with van der Waals surface area (Å²) in [5.41, 5.74) is 0.0525. The van der Waals surface area contributed by atoms with Crippen molar-refractivity contribution in [3.8, 4) is 0 Å². The molecule has 0 bridgehead atoms. The van der Waals surface area contributed by atoms with Crippen molar-refractivity contribution in [3.05, 3.63) is 35.4 Å². The van der Waals surface area contributed by atoms with Crippen LogP contribution in [0.5, 0.6) is 0 Å². The van der Waals surface area contributed by atoms with Crippen molar-refractivity contribution in [2.45, 2.75) is 44.6 Å². The molecule has 0 atom stereocenters. The van der Waals surface area contributed by atoms with Crippen LogP contribution < -0.4 is 5.32 Å². The third kappa shape index (κ3) is 3.52. The largest absolute Gasteiger partial charge is 0.349 e. The minimum absolute atomic E-state index is 0.0525. The van der Waals surface area contributed by atoms with Gasteiger partial charge in [0.15, 0.2) is 0 Å². The second-order valence-corrected chi connectivity index (χ2v) is 4.82. The van der Waals surface area contributed by atoms with Crippen LogP contribution >= 0.6 is 0 Å². The van der Waals surface area contributed by atoms with E-state index in [2.05, 4.69) is 5.32 Å². The van der Waals surface area contributed by atoms with Crippen molar-refractivity contribution in [2.75, 3.05) is 0 Å². The number of rotatable bonds is 2. The molecule has 1 aromatic rings. The Morgan fingerprint density at radius 1 is 1.00 bits per heavy atom. The van der Waals surface area contributed by atoms with Gasteiger partial charge in [-0.05, 0) is 25.0 Å². The Balaban J connectivity index is 2.01. The molecule has 4 heteroatoms. The number of carbonyl (C=O) groups excluding carboxylic acids is 1. The molecule has 98 valence electrons. The van der Waals surface area contributed by atoms with Crippen LogP contribution in [0.4, 0.5) is 8.78 Å². The van der Waals surface area contributed by atoms with Gasteiger partial charge in [-0.3, -0.25) is 4.79 Å². The fourth-order valence-corrected chi connectivity index (χ4v) is 2.38. The number of benzene rings is 1. The number of carbonyl (C=O) groups is 1. The summed E-state index contributed by atoms with van der Waals surface area (Å²) in [6.45, 7) is 0. The quantitative estimate of drug-likeness (QED) is 0.804. The topological polar surface area (TPSA) is 29.1 Å². The van der Waals surface area contributed by atoms with E-state index in [1.165, 1.54) is 12.8 Å². The van der Waals surface area contributed by atoms with Gasteiger partial charge in [0.05, 0.1) is 0 Å². The highest BCUT2D eigenvalue weighted by atomic mass is 19.1. The van der Waals surface area contributed by atoms with Crippen LogP contribution in [0.25, 0.3) is 0 Å². The third-order valence-electron chi connectivity index (χ3n) is 3.32. The lowest BCUT2D eigenvalue weighted by Gasteiger charge is -2.16. The molecule has 0 aromatic heterocycles. The van der Waals surface area contributed by atoms with Crippen molar-refractivity contribution < 1.29 is 13.6 Å². The first kappa shape index (κ1) is 13.0. The molecule has 1 aromatic carbocycles. The SMILES string of the molecule is O=C(NC1CCCCCC1)c1cc(F)cc(F)c1. The van der Waals surface area contributed by atoms with Crippen LogP contribution in [-0.4, -0.2) is 11.9 Å². The zero-order chi connectivity index (χ0) is 13.0. The summed E-state index contributed by atoms with van der Waals surface area (Å²) in [5, 5.41) is 2.86. The number of halogens is 2. The zero-order valence-electron chi connectivity index (χ0n) is 10.2. The molecule has 0 radical (unpaired) electrons. The second-order valence-electron chi connectivity index (χ2n) is 4.82. The predicted octanol–water partition coefficient (Wildman–Crippen LogP) is 3.42. The highest BCUT2D eigenvalue weighted by molar-refractivity contribution is 5.94. The smallest absolute Gasteiger partial charge is 0.251 e. The van der Waals surface area contributed by atoms with E-state index in [9.17, 15) is 13.6 Å². The van der Waals surface area contributed by atoms with Gasteiger partial charge in [0, 0.05) is 17.7 Å². The van der Waals surface area contributed by atoms with Crippen molar-refractivity contribution in [2.24, 2.45) is 0 Å². The molecule has 0 aliphatic heterocycles. The molecule has 1 amide bonds. The molecule has 0 spiro atoms. The molecular weight excluding hydrogens is 236 g/mol. The van der Waals surface area contributed by atoms with Crippen molar-refractivity contribution in [3.63, 3.8) is 0 Å². The average Bonchev–Trinajstić information content (AvgIpc) is 2.56. The van der Waals surface area contributed by atoms with Crippen LogP contribution in [-0.2, 0) is 0 Å². The molecule has 1 aliphatic carbocycles. The van der Waals surface area contributed by atoms with E-state index in [1.54, 1.807) is 0 Å². The standard InChI is InChI=1S/C14H17F2NO/c15-11-7-10(8-12(16)9-11)14(18)17-13-5-3-1-2-4-6-13/h7-9,13H,1-6H2,(H,17,18). The highest BCUT2D eigenvalue weighted by Gasteiger charge is 2.16. The molecule has 1 N–H and O–H groups in total. The fraction of sp³-hybridized carbons (Fsp3) is 0.500. The van der Waals surface area contributed by atoms with Crippen molar-refractivity contribution in [1.29, 1.82) is 0 Å². The predicted molar refractivity (Wildman–Crippen MR) is 65.3 cm³/mol. The van der Waals surface area contributed by atoms with Gasteiger partial charge in [0.1, 0.15) is 11.6 Å². The van der Waals surface area contributed by atoms with E-state index in [0.717, 1.165) is 43.9 Å². The normalized spacial score (nSPS) is 17.2. The van der Waals surface area contributed by atoms with Crippen LogP contribution in [0.2, 0.25) is 0 Å². The lowest BCUT2D eigenvalue weighted by atomic mass is 10.1. The average molecular weight is 253 g/mol. The van der Waals surface area contributed by atoms with Gasteiger partial charge in [0.2, 0.25) is 0 Å². The zero-order valence-corrected chi connectivity index (χ0v) is 10.2. The van der Waals surface area contributed by atoms with Gasteiger partial charge in [0.25, 0.3) is 5.91 Å². The summed E-state index contributed by atoms with van der Waals surface area (Å²) >= 11 is 0. The van der Waals surface area contributed by atoms with Crippen LogP contribution in [0, 0.1) is 11.6 Å². The number of hydrogen-bond donors (Lipinski definition) is 1. The molecule has 0 unspecified atom stereocenters.